The molecule has 182 valence electrons. The first-order valence-corrected chi connectivity index (χ1v) is 12.1. The van der Waals surface area contributed by atoms with Crippen molar-refractivity contribution in [1.29, 1.82) is 0 Å². The van der Waals surface area contributed by atoms with E-state index < -0.39 is 5.82 Å². The molecule has 4 rings (SSSR count). The molecule has 9 heteroatoms. The zero-order valence-electron chi connectivity index (χ0n) is 19.9. The largest absolute Gasteiger partial charge is 0.489 e. The molecule has 1 amide bonds. The summed E-state index contributed by atoms with van der Waals surface area (Å²) in [6, 6.07) is 4.14. The quantitative estimate of drug-likeness (QED) is 0.638. The number of likely N-dealkylation sites (N-methyl/N-ethyl adjacent to an activating group) is 1. The predicted molar refractivity (Wildman–Crippen MR) is 130 cm³/mol. The number of hydrogen-bond donors (Lipinski definition) is 1. The molecule has 0 unspecified atom stereocenters. The number of nitrogens with zero attached hydrogens (tertiary/aromatic N) is 4. The summed E-state index contributed by atoms with van der Waals surface area (Å²) < 4.78 is 20.3. The maximum absolute atomic E-state index is 14.1. The van der Waals surface area contributed by atoms with Gasteiger partial charge in [0.25, 0.3) is 5.91 Å². The maximum atomic E-state index is 14.1. The van der Waals surface area contributed by atoms with Gasteiger partial charge in [0, 0.05) is 43.7 Å². The van der Waals surface area contributed by atoms with E-state index in [0.717, 1.165) is 50.2 Å². The molecule has 1 fully saturated rings. The summed E-state index contributed by atoms with van der Waals surface area (Å²) in [6.45, 7) is 7.67. The molecule has 1 aromatic heterocycles. The summed E-state index contributed by atoms with van der Waals surface area (Å²) in [4.78, 5) is 26.5. The average Bonchev–Trinajstić information content (AvgIpc) is 3.27. The minimum Gasteiger partial charge on any atom is -0.489 e. The van der Waals surface area contributed by atoms with Crippen molar-refractivity contribution in [3.05, 3.63) is 58.0 Å². The van der Waals surface area contributed by atoms with Crippen molar-refractivity contribution in [3.63, 3.8) is 0 Å². The molecule has 2 aromatic rings. The molecule has 7 nitrogen and oxygen atoms in total. The molecule has 0 atom stereocenters. The molecule has 1 aromatic carbocycles. The van der Waals surface area contributed by atoms with E-state index >= 15 is 0 Å². The fraction of sp³-hybridized carbons (Fsp3) is 0.480. The summed E-state index contributed by atoms with van der Waals surface area (Å²) in [6.07, 6.45) is 4.37. The lowest BCUT2D eigenvalue weighted by Gasteiger charge is -2.32. The first-order valence-electron chi connectivity index (χ1n) is 11.8. The molecular weight excluding hydrogens is 457 g/mol. The van der Waals surface area contributed by atoms with Crippen LogP contribution >= 0.6 is 11.6 Å². The Bertz CT molecular complexity index is 1080. The SMILES string of the molecule is CCCN1CCC(Oc2cc(F)ccc2C(=O)N2CC(NC)=C(c3ncc(Cl)c(C)n3)C2)CC1. The Morgan fingerprint density at radius 2 is 2.06 bits per heavy atom. The maximum Gasteiger partial charge on any atom is 0.258 e. The second-order valence-electron chi connectivity index (χ2n) is 8.79. The van der Waals surface area contributed by atoms with Gasteiger partial charge in [-0.1, -0.05) is 18.5 Å². The fourth-order valence-electron chi connectivity index (χ4n) is 4.49. The highest BCUT2D eigenvalue weighted by Crippen LogP contribution is 2.30. The van der Waals surface area contributed by atoms with Gasteiger partial charge in [0.15, 0.2) is 5.82 Å². The van der Waals surface area contributed by atoms with E-state index in [2.05, 4.69) is 27.1 Å². The molecule has 34 heavy (non-hydrogen) atoms. The number of halogens is 2. The third-order valence-electron chi connectivity index (χ3n) is 6.38. The Morgan fingerprint density at radius 3 is 2.74 bits per heavy atom. The molecule has 0 radical (unpaired) electrons. The molecule has 1 saturated heterocycles. The minimum atomic E-state index is -0.420. The first kappa shape index (κ1) is 24.4. The lowest BCUT2D eigenvalue weighted by Crippen LogP contribution is -2.39. The van der Waals surface area contributed by atoms with Crippen LogP contribution in [0.4, 0.5) is 4.39 Å². The zero-order chi connectivity index (χ0) is 24.2. The van der Waals surface area contributed by atoms with Crippen molar-refractivity contribution in [1.82, 2.24) is 25.1 Å². The van der Waals surface area contributed by atoms with Crippen molar-refractivity contribution < 1.29 is 13.9 Å². The third-order valence-corrected chi connectivity index (χ3v) is 6.75. The minimum absolute atomic E-state index is 0.0352. The topological polar surface area (TPSA) is 70.6 Å². The van der Waals surface area contributed by atoms with Crippen LogP contribution in [0.2, 0.25) is 5.02 Å². The smallest absolute Gasteiger partial charge is 0.258 e. The third kappa shape index (κ3) is 5.33. The summed E-state index contributed by atoms with van der Waals surface area (Å²) >= 11 is 6.08. The second kappa shape index (κ2) is 10.7. The summed E-state index contributed by atoms with van der Waals surface area (Å²) in [5, 5.41) is 3.66. The normalized spacial score (nSPS) is 17.4. The Hall–Kier alpha value is -2.71. The summed E-state index contributed by atoms with van der Waals surface area (Å²) in [7, 11) is 1.81. The number of benzene rings is 1. The van der Waals surface area contributed by atoms with E-state index in [4.69, 9.17) is 16.3 Å². The molecule has 2 aliphatic heterocycles. The molecular formula is C25H31ClFN5O2. The molecule has 0 bridgehead atoms. The predicted octanol–water partition coefficient (Wildman–Crippen LogP) is 3.92. The molecule has 0 spiro atoms. The molecule has 1 N–H and O–H groups in total. The summed E-state index contributed by atoms with van der Waals surface area (Å²) in [5.41, 5.74) is 2.74. The lowest BCUT2D eigenvalue weighted by molar-refractivity contribution is 0.0773. The van der Waals surface area contributed by atoms with Gasteiger partial charge in [-0.15, -0.1) is 0 Å². The molecule has 0 aliphatic carbocycles. The Morgan fingerprint density at radius 1 is 1.29 bits per heavy atom. The van der Waals surface area contributed by atoms with Gasteiger partial charge in [0.2, 0.25) is 0 Å². The van der Waals surface area contributed by atoms with Crippen LogP contribution < -0.4 is 10.1 Å². The number of nitrogens with one attached hydrogen (secondary N) is 1. The molecule has 3 heterocycles. The molecule has 0 saturated carbocycles. The van der Waals surface area contributed by atoms with Crippen LogP contribution in [0.1, 0.15) is 48.1 Å². The van der Waals surface area contributed by atoms with Gasteiger partial charge < -0.3 is 19.9 Å². The van der Waals surface area contributed by atoms with Crippen molar-refractivity contribution in [2.75, 3.05) is 39.8 Å². The van der Waals surface area contributed by atoms with Crippen LogP contribution in [0.15, 0.2) is 30.1 Å². The van der Waals surface area contributed by atoms with Crippen molar-refractivity contribution in [2.45, 2.75) is 39.2 Å². The highest BCUT2D eigenvalue weighted by Gasteiger charge is 2.31. The number of hydrogen-bond acceptors (Lipinski definition) is 6. The zero-order valence-corrected chi connectivity index (χ0v) is 20.7. The van der Waals surface area contributed by atoms with Crippen LogP contribution in [0.3, 0.4) is 0 Å². The van der Waals surface area contributed by atoms with Gasteiger partial charge in [0.05, 0.1) is 29.4 Å². The second-order valence-corrected chi connectivity index (χ2v) is 9.20. The van der Waals surface area contributed by atoms with E-state index in [0.29, 0.717) is 40.9 Å². The van der Waals surface area contributed by atoms with E-state index in [-0.39, 0.29) is 12.0 Å². The number of aryl methyl sites for hydroxylation is 1. The number of carbonyl (C=O) groups is 1. The Kier molecular flexibility index (Phi) is 7.68. The van der Waals surface area contributed by atoms with Crippen LogP contribution in [0.25, 0.3) is 5.57 Å². The number of carbonyl (C=O) groups excluding carboxylic acids is 1. The fourth-order valence-corrected chi connectivity index (χ4v) is 4.58. The Labute approximate surface area is 205 Å². The van der Waals surface area contributed by atoms with Gasteiger partial charge in [-0.3, -0.25) is 4.79 Å². The number of rotatable bonds is 7. The van der Waals surface area contributed by atoms with Crippen molar-refractivity contribution in [3.8, 4) is 5.75 Å². The van der Waals surface area contributed by atoms with Crippen LogP contribution in [-0.2, 0) is 0 Å². The number of likely N-dealkylation sites (tertiary alicyclic amines) is 1. The van der Waals surface area contributed by atoms with Gasteiger partial charge in [-0.2, -0.15) is 0 Å². The van der Waals surface area contributed by atoms with Crippen LogP contribution in [-0.4, -0.2) is 71.6 Å². The highest BCUT2D eigenvalue weighted by molar-refractivity contribution is 6.31. The van der Waals surface area contributed by atoms with Gasteiger partial charge in [0.1, 0.15) is 17.7 Å². The van der Waals surface area contributed by atoms with Gasteiger partial charge in [-0.25, -0.2) is 14.4 Å². The van der Waals surface area contributed by atoms with Crippen LogP contribution in [0.5, 0.6) is 5.75 Å². The Balaban J connectivity index is 1.51. The van der Waals surface area contributed by atoms with Crippen molar-refractivity contribution in [2.24, 2.45) is 0 Å². The highest BCUT2D eigenvalue weighted by atomic mass is 35.5. The van der Waals surface area contributed by atoms with Gasteiger partial charge in [-0.05, 0) is 44.9 Å². The van der Waals surface area contributed by atoms with E-state index in [1.807, 2.05) is 14.0 Å². The van der Waals surface area contributed by atoms with Gasteiger partial charge >= 0.3 is 0 Å². The number of ether oxygens (including phenoxy) is 1. The van der Waals surface area contributed by atoms with Crippen LogP contribution in [0, 0.1) is 12.7 Å². The average molecular weight is 488 g/mol. The van der Waals surface area contributed by atoms with E-state index in [1.54, 1.807) is 11.1 Å². The number of piperidine rings is 1. The first-order chi connectivity index (χ1) is 16.4. The van der Waals surface area contributed by atoms with Crippen molar-refractivity contribution >= 4 is 23.1 Å². The lowest BCUT2D eigenvalue weighted by atomic mass is 10.1. The standard InChI is InChI=1S/C25H31ClFN5O2/c1-4-9-31-10-7-18(8-11-31)34-23-12-17(27)5-6-19(23)25(33)32-14-20(22(15-32)28-3)24-29-13-21(26)16(2)30-24/h5-6,12-13,18,28H,4,7-11,14-15H2,1-3H3. The van der Waals surface area contributed by atoms with E-state index in [9.17, 15) is 9.18 Å². The number of amides is 1. The monoisotopic (exact) mass is 487 g/mol. The van der Waals surface area contributed by atoms with E-state index in [1.165, 1.54) is 18.2 Å². The number of aromatic nitrogens is 2. The summed E-state index contributed by atoms with van der Waals surface area (Å²) in [5.74, 6) is 0.205. The molecule has 2 aliphatic rings.